The van der Waals surface area contributed by atoms with Crippen molar-refractivity contribution >= 4 is 32.0 Å². The van der Waals surface area contributed by atoms with Gasteiger partial charge in [0, 0.05) is 31.5 Å². The fourth-order valence-corrected chi connectivity index (χ4v) is 4.81. The van der Waals surface area contributed by atoms with Crippen LogP contribution in [0.3, 0.4) is 0 Å². The molecule has 2 rings (SSSR count). The van der Waals surface area contributed by atoms with Crippen molar-refractivity contribution in [3.63, 3.8) is 0 Å². The molecule has 0 bridgehead atoms. The van der Waals surface area contributed by atoms with E-state index in [-0.39, 0.29) is 17.5 Å². The lowest BCUT2D eigenvalue weighted by molar-refractivity contribution is 0.0173. The molecular weight excluding hydrogens is 420 g/mol. The van der Waals surface area contributed by atoms with Gasteiger partial charge in [-0.15, -0.1) is 0 Å². The molecule has 0 spiro atoms. The molecule has 1 atom stereocenters. The quantitative estimate of drug-likeness (QED) is 0.662. The number of piperidine rings is 1. The summed E-state index contributed by atoms with van der Waals surface area (Å²) in [5, 5.41) is 0.598. The van der Waals surface area contributed by atoms with Gasteiger partial charge in [0.25, 0.3) is 0 Å². The topological polar surface area (TPSA) is 66.9 Å². The lowest BCUT2D eigenvalue weighted by atomic mass is 10.1. The van der Waals surface area contributed by atoms with Crippen molar-refractivity contribution in [2.45, 2.75) is 55.5 Å². The Bertz CT molecular complexity index is 746. The summed E-state index contributed by atoms with van der Waals surface area (Å²) in [7, 11) is -1.92. The fourth-order valence-electron chi connectivity index (χ4n) is 2.88. The van der Waals surface area contributed by atoms with Gasteiger partial charge in [0.15, 0.2) is 0 Å². The normalized spacial score (nSPS) is 19.2. The number of rotatable bonds is 4. The maximum Gasteiger partial charge on any atom is 0.410 e. The average Bonchev–Trinajstić information content (AvgIpc) is 2.59. The zero-order valence-corrected chi connectivity index (χ0v) is 18.1. The Morgan fingerprint density at radius 3 is 2.69 bits per heavy atom. The van der Waals surface area contributed by atoms with Gasteiger partial charge in [-0.2, -0.15) is 4.31 Å². The molecule has 0 aromatic heterocycles. The molecule has 1 saturated heterocycles. The third-order valence-electron chi connectivity index (χ3n) is 4.28. The second-order valence-corrected chi connectivity index (χ2v) is 10.0. The summed E-state index contributed by atoms with van der Waals surface area (Å²) >= 11 is 3.36. The van der Waals surface area contributed by atoms with Gasteiger partial charge in [0.05, 0.1) is 4.90 Å². The molecule has 1 fully saturated rings. The minimum absolute atomic E-state index is 0.201. The zero-order chi connectivity index (χ0) is 19.5. The second kappa shape index (κ2) is 8.27. The molecule has 1 aliphatic rings. The number of sulfonamides is 1. The van der Waals surface area contributed by atoms with E-state index in [9.17, 15) is 13.2 Å². The molecule has 1 heterocycles. The minimum atomic E-state index is -3.59. The van der Waals surface area contributed by atoms with E-state index in [0.29, 0.717) is 18.3 Å². The molecule has 146 valence electrons. The van der Waals surface area contributed by atoms with Crippen LogP contribution in [0.1, 0.15) is 39.2 Å². The number of halogens is 1. The summed E-state index contributed by atoms with van der Waals surface area (Å²) in [6, 6.07) is 6.72. The molecule has 0 radical (unpaired) electrons. The van der Waals surface area contributed by atoms with E-state index in [1.807, 2.05) is 26.8 Å². The van der Waals surface area contributed by atoms with Crippen LogP contribution in [-0.4, -0.2) is 55.5 Å². The number of nitrogens with zero attached hydrogens (tertiary/aromatic N) is 2. The average molecular weight is 447 g/mol. The van der Waals surface area contributed by atoms with Gasteiger partial charge in [-0.25, -0.2) is 13.2 Å². The monoisotopic (exact) mass is 446 g/mol. The standard InChI is InChI=1S/C18H27BrN2O4S/c1-18(2,3)25-17(22)20(4)15-8-6-10-21(13-15)26(23,24)16-9-5-7-14(11-16)12-19/h5,7,9,11,15H,6,8,10,12-13H2,1-4H3/t15-/m0/s1. The SMILES string of the molecule is CN(C(=O)OC(C)(C)C)[C@H]1CCCN(S(=O)(=O)c2cccc(CBr)c2)C1. The maximum atomic E-state index is 13.0. The first-order valence-corrected chi connectivity index (χ1v) is 11.2. The summed E-state index contributed by atoms with van der Waals surface area (Å²) in [6.07, 6.45) is 1.03. The zero-order valence-electron chi connectivity index (χ0n) is 15.7. The van der Waals surface area contributed by atoms with Crippen LogP contribution in [0.15, 0.2) is 29.2 Å². The largest absolute Gasteiger partial charge is 0.444 e. The highest BCUT2D eigenvalue weighted by Gasteiger charge is 2.34. The van der Waals surface area contributed by atoms with Crippen molar-refractivity contribution in [1.82, 2.24) is 9.21 Å². The Balaban J connectivity index is 2.15. The van der Waals surface area contributed by atoms with Gasteiger partial charge in [0.2, 0.25) is 10.0 Å². The molecule has 8 heteroatoms. The van der Waals surface area contributed by atoms with Gasteiger partial charge in [-0.05, 0) is 51.3 Å². The van der Waals surface area contributed by atoms with Gasteiger partial charge >= 0.3 is 6.09 Å². The lowest BCUT2D eigenvalue weighted by Crippen LogP contribution is -2.51. The smallest absolute Gasteiger partial charge is 0.410 e. The highest BCUT2D eigenvalue weighted by molar-refractivity contribution is 9.08. The fraction of sp³-hybridized carbons (Fsp3) is 0.611. The van der Waals surface area contributed by atoms with E-state index < -0.39 is 21.7 Å². The Labute approximate surface area is 164 Å². The van der Waals surface area contributed by atoms with Crippen LogP contribution in [-0.2, 0) is 20.1 Å². The molecular formula is C18H27BrN2O4S. The first kappa shape index (κ1) is 21.2. The van der Waals surface area contributed by atoms with Gasteiger partial charge < -0.3 is 9.64 Å². The molecule has 0 N–H and O–H groups in total. The number of alkyl halides is 1. The molecule has 0 unspecified atom stereocenters. The number of ether oxygens (including phenoxy) is 1. The molecule has 1 aromatic rings. The van der Waals surface area contributed by atoms with E-state index in [1.165, 1.54) is 9.21 Å². The highest BCUT2D eigenvalue weighted by atomic mass is 79.9. The highest BCUT2D eigenvalue weighted by Crippen LogP contribution is 2.24. The first-order chi connectivity index (χ1) is 12.0. The van der Waals surface area contributed by atoms with Gasteiger partial charge in [0.1, 0.15) is 5.60 Å². The lowest BCUT2D eigenvalue weighted by Gasteiger charge is -2.37. The summed E-state index contributed by atoms with van der Waals surface area (Å²) < 4.78 is 32.9. The predicted octanol–water partition coefficient (Wildman–Crippen LogP) is 3.60. The number of carbonyl (C=O) groups excluding carboxylic acids is 1. The van der Waals surface area contributed by atoms with Crippen LogP contribution in [0.2, 0.25) is 0 Å². The van der Waals surface area contributed by atoms with Crippen LogP contribution in [0.4, 0.5) is 4.79 Å². The Morgan fingerprint density at radius 1 is 1.38 bits per heavy atom. The molecule has 26 heavy (non-hydrogen) atoms. The second-order valence-electron chi connectivity index (χ2n) is 7.53. The van der Waals surface area contributed by atoms with E-state index in [4.69, 9.17) is 4.74 Å². The molecule has 1 amide bonds. The Kier molecular flexibility index (Phi) is 6.74. The number of carbonyl (C=O) groups is 1. The van der Waals surface area contributed by atoms with Crippen LogP contribution in [0, 0.1) is 0 Å². The van der Waals surface area contributed by atoms with E-state index in [1.54, 1.807) is 25.2 Å². The third-order valence-corrected chi connectivity index (χ3v) is 6.79. The van der Waals surface area contributed by atoms with E-state index in [2.05, 4.69) is 15.9 Å². The van der Waals surface area contributed by atoms with Crippen molar-refractivity contribution in [1.29, 1.82) is 0 Å². The minimum Gasteiger partial charge on any atom is -0.444 e. The van der Waals surface area contributed by atoms with Crippen LogP contribution in [0.5, 0.6) is 0 Å². The molecule has 1 aromatic carbocycles. The Morgan fingerprint density at radius 2 is 2.08 bits per heavy atom. The van der Waals surface area contributed by atoms with Crippen LogP contribution >= 0.6 is 15.9 Å². The van der Waals surface area contributed by atoms with Crippen molar-refractivity contribution in [2.75, 3.05) is 20.1 Å². The maximum absolute atomic E-state index is 13.0. The van der Waals surface area contributed by atoms with Crippen molar-refractivity contribution < 1.29 is 17.9 Å². The molecule has 1 aliphatic heterocycles. The molecule has 0 aliphatic carbocycles. The number of hydrogen-bond acceptors (Lipinski definition) is 4. The molecule has 0 saturated carbocycles. The first-order valence-electron chi connectivity index (χ1n) is 8.65. The van der Waals surface area contributed by atoms with Crippen molar-refractivity contribution in [3.05, 3.63) is 29.8 Å². The number of amides is 1. The predicted molar refractivity (Wildman–Crippen MR) is 105 cm³/mol. The van der Waals surface area contributed by atoms with Crippen molar-refractivity contribution in [3.8, 4) is 0 Å². The van der Waals surface area contributed by atoms with E-state index >= 15 is 0 Å². The van der Waals surface area contributed by atoms with Gasteiger partial charge in [-0.1, -0.05) is 28.1 Å². The van der Waals surface area contributed by atoms with Crippen molar-refractivity contribution in [2.24, 2.45) is 0 Å². The third kappa shape index (κ3) is 5.20. The van der Waals surface area contributed by atoms with E-state index in [0.717, 1.165) is 12.0 Å². The van der Waals surface area contributed by atoms with Crippen LogP contribution in [0.25, 0.3) is 0 Å². The number of likely N-dealkylation sites (N-methyl/N-ethyl adjacent to an activating group) is 1. The van der Waals surface area contributed by atoms with Crippen LogP contribution < -0.4 is 0 Å². The molecule has 6 nitrogen and oxygen atoms in total. The summed E-state index contributed by atoms with van der Waals surface area (Å²) in [5.41, 5.74) is 0.326. The number of hydrogen-bond donors (Lipinski definition) is 0. The Hall–Kier alpha value is -1.12. The summed E-state index contributed by atoms with van der Waals surface area (Å²) in [4.78, 5) is 14.1. The summed E-state index contributed by atoms with van der Waals surface area (Å²) in [5.74, 6) is 0. The summed E-state index contributed by atoms with van der Waals surface area (Å²) in [6.45, 7) is 6.17. The van der Waals surface area contributed by atoms with Gasteiger partial charge in [-0.3, -0.25) is 0 Å². The number of benzene rings is 1.